The van der Waals surface area contributed by atoms with Gasteiger partial charge in [0.15, 0.2) is 0 Å². The standard InChI is InChI=1S/C14H21NO2/c1-11(13-6-4-3-5-7-13)15-10-14(16)8-9-17-12(14)2/h3-7,11-12,15-16H,8-10H2,1-2H3. The molecular weight excluding hydrogens is 214 g/mol. The fourth-order valence-electron chi connectivity index (χ4n) is 2.19. The van der Waals surface area contributed by atoms with Gasteiger partial charge in [-0.15, -0.1) is 0 Å². The summed E-state index contributed by atoms with van der Waals surface area (Å²) in [7, 11) is 0. The highest BCUT2D eigenvalue weighted by Crippen LogP contribution is 2.25. The van der Waals surface area contributed by atoms with Crippen LogP contribution < -0.4 is 5.32 Å². The molecule has 1 aliphatic rings. The molecule has 0 bridgehead atoms. The Bertz CT molecular complexity index is 354. The molecule has 17 heavy (non-hydrogen) atoms. The molecule has 0 amide bonds. The van der Waals surface area contributed by atoms with Gasteiger partial charge < -0.3 is 15.2 Å². The first kappa shape index (κ1) is 12.6. The minimum absolute atomic E-state index is 0.0852. The van der Waals surface area contributed by atoms with Crippen LogP contribution in [0.3, 0.4) is 0 Å². The number of ether oxygens (including phenoxy) is 1. The topological polar surface area (TPSA) is 41.5 Å². The van der Waals surface area contributed by atoms with E-state index in [1.807, 2.05) is 25.1 Å². The molecule has 1 fully saturated rings. The molecule has 94 valence electrons. The second-order valence-electron chi connectivity index (χ2n) is 4.88. The Hall–Kier alpha value is -0.900. The van der Waals surface area contributed by atoms with E-state index in [2.05, 4.69) is 24.4 Å². The molecule has 3 unspecified atom stereocenters. The van der Waals surface area contributed by atoms with Gasteiger partial charge in [0, 0.05) is 25.6 Å². The summed E-state index contributed by atoms with van der Waals surface area (Å²) in [5, 5.41) is 13.7. The van der Waals surface area contributed by atoms with Crippen molar-refractivity contribution in [3.8, 4) is 0 Å². The van der Waals surface area contributed by atoms with Crippen LogP contribution in [-0.2, 0) is 4.74 Å². The van der Waals surface area contributed by atoms with Crippen molar-refractivity contribution in [1.82, 2.24) is 5.32 Å². The van der Waals surface area contributed by atoms with E-state index in [9.17, 15) is 5.11 Å². The maximum atomic E-state index is 10.4. The van der Waals surface area contributed by atoms with Crippen LogP contribution in [0.25, 0.3) is 0 Å². The predicted molar refractivity (Wildman–Crippen MR) is 67.8 cm³/mol. The average Bonchev–Trinajstić information content (AvgIpc) is 2.68. The van der Waals surface area contributed by atoms with Crippen molar-refractivity contribution in [3.05, 3.63) is 35.9 Å². The highest BCUT2D eigenvalue weighted by atomic mass is 16.5. The van der Waals surface area contributed by atoms with Crippen molar-refractivity contribution in [2.24, 2.45) is 0 Å². The molecule has 0 radical (unpaired) electrons. The third-order valence-electron chi connectivity index (χ3n) is 3.67. The SMILES string of the molecule is CC(NCC1(O)CCOC1C)c1ccccc1. The van der Waals surface area contributed by atoms with E-state index >= 15 is 0 Å². The summed E-state index contributed by atoms with van der Waals surface area (Å²) >= 11 is 0. The lowest BCUT2D eigenvalue weighted by Gasteiger charge is -2.28. The molecule has 0 aliphatic carbocycles. The summed E-state index contributed by atoms with van der Waals surface area (Å²) in [6.07, 6.45) is 0.626. The van der Waals surface area contributed by atoms with Gasteiger partial charge in [0.1, 0.15) is 5.60 Å². The number of hydrogen-bond acceptors (Lipinski definition) is 3. The normalized spacial score (nSPS) is 30.4. The van der Waals surface area contributed by atoms with Gasteiger partial charge in [0.2, 0.25) is 0 Å². The fourth-order valence-corrected chi connectivity index (χ4v) is 2.19. The van der Waals surface area contributed by atoms with E-state index in [-0.39, 0.29) is 12.1 Å². The lowest BCUT2D eigenvalue weighted by atomic mass is 9.96. The molecule has 3 heteroatoms. The lowest BCUT2D eigenvalue weighted by molar-refractivity contribution is -0.0274. The quantitative estimate of drug-likeness (QED) is 0.837. The summed E-state index contributed by atoms with van der Waals surface area (Å²) in [6, 6.07) is 10.5. The molecular formula is C14H21NO2. The Labute approximate surface area is 103 Å². The second-order valence-corrected chi connectivity index (χ2v) is 4.88. The van der Waals surface area contributed by atoms with Gasteiger partial charge in [-0.25, -0.2) is 0 Å². The van der Waals surface area contributed by atoms with Crippen LogP contribution in [0.15, 0.2) is 30.3 Å². The molecule has 2 N–H and O–H groups in total. The second kappa shape index (κ2) is 5.17. The molecule has 1 saturated heterocycles. The highest BCUT2D eigenvalue weighted by Gasteiger charge is 2.39. The Morgan fingerprint density at radius 3 is 2.76 bits per heavy atom. The van der Waals surface area contributed by atoms with Gasteiger partial charge in [-0.05, 0) is 19.4 Å². The maximum Gasteiger partial charge on any atom is 0.105 e. The zero-order chi connectivity index (χ0) is 12.3. The summed E-state index contributed by atoms with van der Waals surface area (Å²) < 4.78 is 5.42. The lowest BCUT2D eigenvalue weighted by Crippen LogP contribution is -2.46. The smallest absolute Gasteiger partial charge is 0.105 e. The Morgan fingerprint density at radius 2 is 2.18 bits per heavy atom. The van der Waals surface area contributed by atoms with Crippen molar-refractivity contribution in [2.45, 2.75) is 38.0 Å². The minimum Gasteiger partial charge on any atom is -0.386 e. The monoisotopic (exact) mass is 235 g/mol. The van der Waals surface area contributed by atoms with E-state index < -0.39 is 5.60 Å². The van der Waals surface area contributed by atoms with E-state index in [1.54, 1.807) is 0 Å². The summed E-state index contributed by atoms with van der Waals surface area (Å²) in [5.41, 5.74) is 0.519. The predicted octanol–water partition coefficient (Wildman–Crippen LogP) is 1.88. The number of aliphatic hydroxyl groups is 1. The van der Waals surface area contributed by atoms with Crippen molar-refractivity contribution in [2.75, 3.05) is 13.2 Å². The first-order valence-corrected chi connectivity index (χ1v) is 6.24. The molecule has 1 aromatic rings. The zero-order valence-electron chi connectivity index (χ0n) is 10.5. The number of hydrogen-bond donors (Lipinski definition) is 2. The third kappa shape index (κ3) is 2.86. The largest absolute Gasteiger partial charge is 0.386 e. The van der Waals surface area contributed by atoms with Crippen molar-refractivity contribution in [3.63, 3.8) is 0 Å². The van der Waals surface area contributed by atoms with E-state index in [1.165, 1.54) is 5.56 Å². The van der Waals surface area contributed by atoms with Crippen molar-refractivity contribution < 1.29 is 9.84 Å². The third-order valence-corrected chi connectivity index (χ3v) is 3.67. The van der Waals surface area contributed by atoms with Gasteiger partial charge in [0.25, 0.3) is 0 Å². The molecule has 0 saturated carbocycles. The van der Waals surface area contributed by atoms with Crippen LogP contribution in [0, 0.1) is 0 Å². The van der Waals surface area contributed by atoms with E-state index in [0.29, 0.717) is 19.6 Å². The zero-order valence-corrected chi connectivity index (χ0v) is 10.5. The van der Waals surface area contributed by atoms with Gasteiger partial charge >= 0.3 is 0 Å². The van der Waals surface area contributed by atoms with Crippen molar-refractivity contribution >= 4 is 0 Å². The minimum atomic E-state index is -0.719. The number of nitrogens with one attached hydrogen (secondary N) is 1. The first-order chi connectivity index (χ1) is 8.12. The van der Waals surface area contributed by atoms with E-state index in [4.69, 9.17) is 4.74 Å². The van der Waals surface area contributed by atoms with Gasteiger partial charge in [-0.3, -0.25) is 0 Å². The van der Waals surface area contributed by atoms with Crippen LogP contribution in [-0.4, -0.2) is 30.0 Å². The molecule has 2 rings (SSSR count). The van der Waals surface area contributed by atoms with Crippen LogP contribution in [0.4, 0.5) is 0 Å². The molecule has 3 atom stereocenters. The van der Waals surface area contributed by atoms with Gasteiger partial charge in [0.05, 0.1) is 6.10 Å². The van der Waals surface area contributed by atoms with Gasteiger partial charge in [-0.1, -0.05) is 30.3 Å². The highest BCUT2D eigenvalue weighted by molar-refractivity contribution is 5.18. The van der Waals surface area contributed by atoms with Crippen LogP contribution in [0.1, 0.15) is 31.9 Å². The summed E-state index contributed by atoms with van der Waals surface area (Å²) in [6.45, 7) is 5.27. The first-order valence-electron chi connectivity index (χ1n) is 6.24. The molecule has 1 heterocycles. The van der Waals surface area contributed by atoms with Crippen LogP contribution in [0.2, 0.25) is 0 Å². The summed E-state index contributed by atoms with van der Waals surface area (Å²) in [4.78, 5) is 0. The Kier molecular flexibility index (Phi) is 3.82. The molecule has 1 aliphatic heterocycles. The maximum absolute atomic E-state index is 10.4. The number of benzene rings is 1. The van der Waals surface area contributed by atoms with Crippen LogP contribution >= 0.6 is 0 Å². The molecule has 3 nitrogen and oxygen atoms in total. The van der Waals surface area contributed by atoms with Crippen LogP contribution in [0.5, 0.6) is 0 Å². The fraction of sp³-hybridized carbons (Fsp3) is 0.571. The molecule has 1 aromatic carbocycles. The van der Waals surface area contributed by atoms with E-state index in [0.717, 1.165) is 0 Å². The van der Waals surface area contributed by atoms with Crippen molar-refractivity contribution in [1.29, 1.82) is 0 Å². The Balaban J connectivity index is 1.90. The number of rotatable bonds is 4. The molecule has 0 spiro atoms. The summed E-state index contributed by atoms with van der Waals surface area (Å²) in [5.74, 6) is 0. The Morgan fingerprint density at radius 1 is 1.47 bits per heavy atom. The average molecular weight is 235 g/mol. The molecule has 0 aromatic heterocycles. The van der Waals surface area contributed by atoms with Gasteiger partial charge in [-0.2, -0.15) is 0 Å².